The number of nitrogens with two attached hydrogens (primary N) is 1. The molecule has 0 aliphatic rings. The Kier molecular flexibility index (Phi) is 3.58. The SMILES string of the molecule is NCc1cc(C(F)F)nc(Cl)c1Br. The molecule has 0 aromatic carbocycles. The molecule has 0 radical (unpaired) electrons. The van der Waals surface area contributed by atoms with Crippen molar-refractivity contribution < 1.29 is 8.78 Å². The van der Waals surface area contributed by atoms with Crippen molar-refractivity contribution >= 4 is 27.5 Å². The number of halogens is 4. The van der Waals surface area contributed by atoms with E-state index in [2.05, 4.69) is 20.9 Å². The summed E-state index contributed by atoms with van der Waals surface area (Å²) in [6.45, 7) is 0.141. The van der Waals surface area contributed by atoms with Crippen molar-refractivity contribution in [1.29, 1.82) is 0 Å². The summed E-state index contributed by atoms with van der Waals surface area (Å²) in [6.07, 6.45) is -2.63. The summed E-state index contributed by atoms with van der Waals surface area (Å²) in [5.74, 6) is 0. The van der Waals surface area contributed by atoms with Gasteiger partial charge in [-0.15, -0.1) is 0 Å². The lowest BCUT2D eigenvalue weighted by molar-refractivity contribution is 0.146. The molecule has 0 atom stereocenters. The van der Waals surface area contributed by atoms with Crippen LogP contribution in [0, 0.1) is 0 Å². The van der Waals surface area contributed by atoms with Gasteiger partial charge >= 0.3 is 0 Å². The maximum Gasteiger partial charge on any atom is 0.280 e. The third kappa shape index (κ3) is 2.36. The van der Waals surface area contributed by atoms with Crippen LogP contribution in [-0.4, -0.2) is 4.98 Å². The van der Waals surface area contributed by atoms with Crippen molar-refractivity contribution in [3.63, 3.8) is 0 Å². The second kappa shape index (κ2) is 4.30. The van der Waals surface area contributed by atoms with Crippen molar-refractivity contribution in [1.82, 2.24) is 4.98 Å². The summed E-state index contributed by atoms with van der Waals surface area (Å²) in [4.78, 5) is 3.49. The second-order valence-corrected chi connectivity index (χ2v) is 3.47. The molecule has 6 heteroatoms. The average molecular weight is 271 g/mol. The highest BCUT2D eigenvalue weighted by atomic mass is 79.9. The first-order chi connectivity index (χ1) is 6.06. The molecule has 1 heterocycles. The molecular formula is C7H6BrClF2N2. The van der Waals surface area contributed by atoms with Gasteiger partial charge in [0.1, 0.15) is 10.8 Å². The predicted molar refractivity (Wildman–Crippen MR) is 49.8 cm³/mol. The fraction of sp³-hybridized carbons (Fsp3) is 0.286. The Labute approximate surface area is 87.2 Å². The minimum atomic E-state index is -2.63. The molecule has 1 aromatic heterocycles. The summed E-state index contributed by atoms with van der Waals surface area (Å²) in [7, 11) is 0. The van der Waals surface area contributed by atoms with Crippen molar-refractivity contribution in [2.45, 2.75) is 13.0 Å². The molecule has 0 unspecified atom stereocenters. The lowest BCUT2D eigenvalue weighted by atomic mass is 10.2. The van der Waals surface area contributed by atoms with Gasteiger partial charge in [0, 0.05) is 6.54 Å². The van der Waals surface area contributed by atoms with Gasteiger partial charge < -0.3 is 5.73 Å². The highest BCUT2D eigenvalue weighted by molar-refractivity contribution is 9.10. The van der Waals surface area contributed by atoms with Crippen LogP contribution in [0.2, 0.25) is 5.15 Å². The molecule has 1 rings (SSSR count). The fourth-order valence-corrected chi connectivity index (χ4v) is 1.41. The first-order valence-corrected chi connectivity index (χ1v) is 4.56. The largest absolute Gasteiger partial charge is 0.326 e. The van der Waals surface area contributed by atoms with Crippen LogP contribution in [0.25, 0.3) is 0 Å². The lowest BCUT2D eigenvalue weighted by Crippen LogP contribution is -2.01. The van der Waals surface area contributed by atoms with Crippen molar-refractivity contribution in [3.05, 3.63) is 26.9 Å². The van der Waals surface area contributed by atoms with Gasteiger partial charge in [0.15, 0.2) is 0 Å². The summed E-state index contributed by atoms with van der Waals surface area (Å²) >= 11 is 8.70. The van der Waals surface area contributed by atoms with E-state index in [0.717, 1.165) is 0 Å². The van der Waals surface area contributed by atoms with Gasteiger partial charge in [0.2, 0.25) is 0 Å². The monoisotopic (exact) mass is 270 g/mol. The van der Waals surface area contributed by atoms with Gasteiger partial charge in [-0.3, -0.25) is 0 Å². The summed E-state index contributed by atoms with van der Waals surface area (Å²) < 4.78 is 24.9. The minimum Gasteiger partial charge on any atom is -0.326 e. The van der Waals surface area contributed by atoms with E-state index in [9.17, 15) is 8.78 Å². The van der Waals surface area contributed by atoms with Crippen LogP contribution in [0.1, 0.15) is 17.7 Å². The van der Waals surface area contributed by atoms with E-state index < -0.39 is 6.43 Å². The summed E-state index contributed by atoms with van der Waals surface area (Å²) in [6, 6.07) is 1.24. The molecule has 0 bridgehead atoms. The Morgan fingerprint density at radius 1 is 1.62 bits per heavy atom. The molecule has 72 valence electrons. The Hall–Kier alpha value is -0.260. The van der Waals surface area contributed by atoms with Crippen molar-refractivity contribution in [2.24, 2.45) is 5.73 Å². The molecular weight excluding hydrogens is 265 g/mol. The zero-order valence-corrected chi connectivity index (χ0v) is 8.74. The Morgan fingerprint density at radius 3 is 2.69 bits per heavy atom. The highest BCUT2D eigenvalue weighted by Gasteiger charge is 2.14. The maximum atomic E-state index is 12.2. The molecule has 1 aromatic rings. The van der Waals surface area contributed by atoms with Crippen molar-refractivity contribution in [3.8, 4) is 0 Å². The van der Waals surface area contributed by atoms with Crippen LogP contribution in [0.15, 0.2) is 10.5 Å². The fourth-order valence-electron chi connectivity index (χ4n) is 0.829. The molecule has 0 aliphatic carbocycles. The van der Waals surface area contributed by atoms with Gasteiger partial charge in [-0.1, -0.05) is 11.6 Å². The number of rotatable bonds is 2. The number of hydrogen-bond donors (Lipinski definition) is 1. The molecule has 0 fully saturated rings. The first kappa shape index (κ1) is 10.8. The summed E-state index contributed by atoms with van der Waals surface area (Å²) in [5, 5.41) is 0.0123. The maximum absolute atomic E-state index is 12.2. The Balaban J connectivity index is 3.22. The molecule has 0 aliphatic heterocycles. The van der Waals surface area contributed by atoms with Gasteiger partial charge in [-0.2, -0.15) is 0 Å². The third-order valence-corrected chi connectivity index (χ3v) is 2.84. The summed E-state index contributed by atoms with van der Waals surface area (Å²) in [5.41, 5.74) is 5.50. The number of aromatic nitrogens is 1. The molecule has 2 N–H and O–H groups in total. The second-order valence-electron chi connectivity index (χ2n) is 2.32. The highest BCUT2D eigenvalue weighted by Crippen LogP contribution is 2.28. The van der Waals surface area contributed by atoms with E-state index >= 15 is 0 Å². The van der Waals surface area contributed by atoms with Crippen LogP contribution in [0.3, 0.4) is 0 Å². The molecule has 13 heavy (non-hydrogen) atoms. The Morgan fingerprint density at radius 2 is 2.23 bits per heavy atom. The molecule has 0 saturated carbocycles. The van der Waals surface area contributed by atoms with Gasteiger partial charge in [0.25, 0.3) is 6.43 Å². The van der Waals surface area contributed by atoms with Gasteiger partial charge in [0.05, 0.1) is 4.47 Å². The smallest absolute Gasteiger partial charge is 0.280 e. The molecule has 2 nitrogen and oxygen atoms in total. The average Bonchev–Trinajstić information content (AvgIpc) is 2.09. The standard InChI is InChI=1S/C7H6BrClF2N2/c8-5-3(2-12)1-4(7(10)11)13-6(5)9/h1,7H,2,12H2. The van der Waals surface area contributed by atoms with E-state index in [1.165, 1.54) is 6.07 Å². The van der Waals surface area contributed by atoms with Gasteiger partial charge in [-0.25, -0.2) is 13.8 Å². The quantitative estimate of drug-likeness (QED) is 0.840. The van der Waals surface area contributed by atoms with E-state index in [1.807, 2.05) is 0 Å². The minimum absolute atomic E-state index is 0.0123. The van der Waals surface area contributed by atoms with E-state index in [4.69, 9.17) is 17.3 Å². The van der Waals surface area contributed by atoms with Gasteiger partial charge in [-0.05, 0) is 27.6 Å². The first-order valence-electron chi connectivity index (χ1n) is 3.39. The van der Waals surface area contributed by atoms with Crippen molar-refractivity contribution in [2.75, 3.05) is 0 Å². The molecule has 0 spiro atoms. The third-order valence-electron chi connectivity index (χ3n) is 1.46. The number of nitrogens with zero attached hydrogens (tertiary/aromatic N) is 1. The van der Waals surface area contributed by atoms with E-state index in [0.29, 0.717) is 10.0 Å². The molecule has 0 amide bonds. The zero-order valence-electron chi connectivity index (χ0n) is 6.40. The number of hydrogen-bond acceptors (Lipinski definition) is 2. The van der Waals surface area contributed by atoms with E-state index in [1.54, 1.807) is 0 Å². The lowest BCUT2D eigenvalue weighted by Gasteiger charge is -2.06. The predicted octanol–water partition coefficient (Wildman–Crippen LogP) is 2.89. The zero-order chi connectivity index (χ0) is 10.0. The normalized spacial score (nSPS) is 10.9. The topological polar surface area (TPSA) is 38.9 Å². The number of pyridine rings is 1. The van der Waals surface area contributed by atoms with Crippen LogP contribution in [-0.2, 0) is 6.54 Å². The number of alkyl halides is 2. The van der Waals surface area contributed by atoms with Crippen LogP contribution < -0.4 is 5.73 Å². The van der Waals surface area contributed by atoms with Crippen LogP contribution in [0.5, 0.6) is 0 Å². The Bertz CT molecular complexity index is 320. The van der Waals surface area contributed by atoms with E-state index in [-0.39, 0.29) is 17.4 Å². The van der Waals surface area contributed by atoms with Crippen LogP contribution >= 0.6 is 27.5 Å². The van der Waals surface area contributed by atoms with Crippen LogP contribution in [0.4, 0.5) is 8.78 Å². The molecule has 0 saturated heterocycles.